The van der Waals surface area contributed by atoms with Gasteiger partial charge in [-0.3, -0.25) is 14.7 Å². The zero-order chi connectivity index (χ0) is 26.3. The Hall–Kier alpha value is -3.83. The summed E-state index contributed by atoms with van der Waals surface area (Å²) >= 11 is 1.64. The minimum atomic E-state index is -4.40. The fraction of sp³-hybridized carbons (Fsp3) is 0.259. The number of amides is 1. The van der Waals surface area contributed by atoms with E-state index in [1.165, 1.54) is 16.5 Å². The van der Waals surface area contributed by atoms with E-state index in [1.54, 1.807) is 23.7 Å². The number of alkyl halides is 3. The second kappa shape index (κ2) is 9.80. The second-order valence-corrected chi connectivity index (χ2v) is 10.4. The summed E-state index contributed by atoms with van der Waals surface area (Å²) < 4.78 is 38.7. The molecule has 0 saturated heterocycles. The Morgan fingerprint density at radius 1 is 1.13 bits per heavy atom. The molecule has 4 heterocycles. The maximum absolute atomic E-state index is 12.9. The number of nitrogens with zero attached hydrogens (tertiary/aromatic N) is 4. The number of halogens is 3. The van der Waals surface area contributed by atoms with Crippen molar-refractivity contribution in [1.82, 2.24) is 20.2 Å². The lowest BCUT2D eigenvalue weighted by Gasteiger charge is -2.26. The molecule has 0 unspecified atom stereocenters. The Morgan fingerprint density at radius 2 is 2.03 bits per heavy atom. The first kappa shape index (κ1) is 24.5. The minimum Gasteiger partial charge on any atom is -0.352 e. The van der Waals surface area contributed by atoms with Crippen LogP contribution >= 0.6 is 11.3 Å². The zero-order valence-electron chi connectivity index (χ0n) is 20.2. The Kier molecular flexibility index (Phi) is 6.32. The van der Waals surface area contributed by atoms with Gasteiger partial charge in [-0.1, -0.05) is 12.1 Å². The number of nitrogens with one attached hydrogen (secondary N) is 2. The SMILES string of the molecule is O=C(CCN1CCc2c(sc3ncnc(Nc4ccc5c(c4)=CN=5)c23)C1)NCc1cccc(C(F)(F)F)c1. The van der Waals surface area contributed by atoms with Crippen molar-refractivity contribution in [3.63, 3.8) is 0 Å². The Balaban J connectivity index is 1.08. The van der Waals surface area contributed by atoms with Gasteiger partial charge in [-0.25, -0.2) is 9.97 Å². The van der Waals surface area contributed by atoms with Crippen LogP contribution in [0.2, 0.25) is 0 Å². The molecule has 2 aliphatic rings. The first-order valence-corrected chi connectivity index (χ1v) is 13.0. The third kappa shape index (κ3) is 4.99. The van der Waals surface area contributed by atoms with Crippen LogP contribution in [-0.4, -0.2) is 33.9 Å². The molecule has 0 aliphatic carbocycles. The Bertz CT molecular complexity index is 1670. The first-order valence-electron chi connectivity index (χ1n) is 12.2. The molecule has 1 amide bonds. The van der Waals surface area contributed by atoms with Crippen molar-refractivity contribution >= 4 is 45.2 Å². The molecule has 0 spiro atoms. The van der Waals surface area contributed by atoms with E-state index < -0.39 is 11.7 Å². The molecule has 0 atom stereocenters. The number of thiophene rings is 1. The Labute approximate surface area is 219 Å². The summed E-state index contributed by atoms with van der Waals surface area (Å²) in [4.78, 5) is 30.0. The summed E-state index contributed by atoms with van der Waals surface area (Å²) in [6, 6.07) is 11.0. The summed E-state index contributed by atoms with van der Waals surface area (Å²) in [5, 5.41) is 9.31. The van der Waals surface area contributed by atoms with E-state index in [1.807, 2.05) is 18.3 Å². The highest BCUT2D eigenvalue weighted by Gasteiger charge is 2.30. The average molecular weight is 537 g/mol. The van der Waals surface area contributed by atoms with Crippen LogP contribution < -0.4 is 21.2 Å². The van der Waals surface area contributed by atoms with E-state index in [9.17, 15) is 18.0 Å². The van der Waals surface area contributed by atoms with E-state index in [4.69, 9.17) is 0 Å². The van der Waals surface area contributed by atoms with Crippen molar-refractivity contribution in [1.29, 1.82) is 0 Å². The summed E-state index contributed by atoms with van der Waals surface area (Å²) in [6.07, 6.45) is 0.0948. The van der Waals surface area contributed by atoms with Crippen molar-refractivity contribution in [2.24, 2.45) is 4.99 Å². The molecule has 7 nitrogen and oxygen atoms in total. The van der Waals surface area contributed by atoms with E-state index in [0.717, 1.165) is 57.4 Å². The van der Waals surface area contributed by atoms with Crippen LogP contribution in [0.25, 0.3) is 16.4 Å². The van der Waals surface area contributed by atoms with Crippen molar-refractivity contribution < 1.29 is 18.0 Å². The molecule has 11 heteroatoms. The van der Waals surface area contributed by atoms with Crippen molar-refractivity contribution in [3.8, 4) is 0 Å². The summed E-state index contributed by atoms with van der Waals surface area (Å²) in [7, 11) is 0. The highest BCUT2D eigenvalue weighted by atomic mass is 32.1. The number of anilines is 2. The molecule has 0 fully saturated rings. The molecular formula is C27H23F3N6OS. The third-order valence-corrected chi connectivity index (χ3v) is 7.87. The number of rotatable bonds is 7. The van der Waals surface area contributed by atoms with Crippen LogP contribution in [-0.2, 0) is 30.5 Å². The highest BCUT2D eigenvalue weighted by Crippen LogP contribution is 2.38. The van der Waals surface area contributed by atoms with Gasteiger partial charge in [-0.2, -0.15) is 13.2 Å². The topological polar surface area (TPSA) is 82.5 Å². The van der Waals surface area contributed by atoms with Gasteiger partial charge in [0.1, 0.15) is 17.0 Å². The number of hydrogen-bond acceptors (Lipinski definition) is 7. The van der Waals surface area contributed by atoms with Gasteiger partial charge < -0.3 is 10.6 Å². The van der Waals surface area contributed by atoms with Gasteiger partial charge in [-0.15, -0.1) is 11.3 Å². The molecule has 2 aromatic carbocycles. The number of carbonyl (C=O) groups excluding carboxylic acids is 1. The van der Waals surface area contributed by atoms with Gasteiger partial charge in [0.05, 0.1) is 16.3 Å². The van der Waals surface area contributed by atoms with Crippen LogP contribution in [0.5, 0.6) is 0 Å². The maximum Gasteiger partial charge on any atom is 0.416 e. The predicted octanol–water partition coefficient (Wildman–Crippen LogP) is 3.89. The normalized spacial score (nSPS) is 14.6. The third-order valence-electron chi connectivity index (χ3n) is 6.75. The first-order chi connectivity index (χ1) is 18.3. The number of carbonyl (C=O) groups is 1. The number of hydrogen-bond donors (Lipinski definition) is 2. The fourth-order valence-corrected chi connectivity index (χ4v) is 5.97. The molecule has 38 heavy (non-hydrogen) atoms. The summed E-state index contributed by atoms with van der Waals surface area (Å²) in [5.41, 5.74) is 1.89. The monoisotopic (exact) mass is 536 g/mol. The van der Waals surface area contributed by atoms with Gasteiger partial charge >= 0.3 is 6.18 Å². The smallest absolute Gasteiger partial charge is 0.352 e. The molecule has 6 rings (SSSR count). The fourth-order valence-electron chi connectivity index (χ4n) is 4.74. The van der Waals surface area contributed by atoms with Gasteiger partial charge in [0.15, 0.2) is 0 Å². The highest BCUT2D eigenvalue weighted by molar-refractivity contribution is 7.19. The minimum absolute atomic E-state index is 0.0642. The summed E-state index contributed by atoms with van der Waals surface area (Å²) in [5.74, 6) is 0.594. The molecule has 2 aliphatic heterocycles. The molecule has 194 valence electrons. The molecule has 4 aromatic rings. The van der Waals surface area contributed by atoms with E-state index in [-0.39, 0.29) is 18.9 Å². The van der Waals surface area contributed by atoms with Crippen LogP contribution in [0.3, 0.4) is 0 Å². The van der Waals surface area contributed by atoms with Crippen LogP contribution in [0.1, 0.15) is 28.0 Å². The van der Waals surface area contributed by atoms with E-state index in [0.29, 0.717) is 18.7 Å². The predicted molar refractivity (Wildman–Crippen MR) is 139 cm³/mol. The van der Waals surface area contributed by atoms with Crippen LogP contribution in [0, 0.1) is 0 Å². The lowest BCUT2D eigenvalue weighted by atomic mass is 10.0. The standard InChI is InChI=1S/C27H23F3N6OS/c28-27(29,30)18-3-1-2-16(10-18)12-32-23(37)7-9-36-8-6-20-22(14-36)38-26-24(20)25(33-15-34-26)35-19-4-5-21-17(11-19)13-31-21/h1-5,10-11,13,15H,6-9,12,14H2,(H,32,37)(H,33,34,35). The maximum atomic E-state index is 12.9. The van der Waals surface area contributed by atoms with Crippen molar-refractivity contribution in [2.75, 3.05) is 18.4 Å². The largest absolute Gasteiger partial charge is 0.416 e. The van der Waals surface area contributed by atoms with Gasteiger partial charge in [0.2, 0.25) is 5.91 Å². The molecule has 0 saturated carbocycles. The van der Waals surface area contributed by atoms with Gasteiger partial charge in [0.25, 0.3) is 0 Å². The quantitative estimate of drug-likeness (QED) is 0.375. The van der Waals surface area contributed by atoms with Crippen LogP contribution in [0.4, 0.5) is 24.7 Å². The second-order valence-electron chi connectivity index (χ2n) is 9.31. The van der Waals surface area contributed by atoms with Gasteiger partial charge in [-0.05, 0) is 47.9 Å². The summed E-state index contributed by atoms with van der Waals surface area (Å²) in [6.45, 7) is 2.14. The molecule has 0 bridgehead atoms. The number of fused-ring (bicyclic) bond motifs is 4. The lowest BCUT2D eigenvalue weighted by molar-refractivity contribution is -0.137. The van der Waals surface area contributed by atoms with Crippen molar-refractivity contribution in [2.45, 2.75) is 32.1 Å². The van der Waals surface area contributed by atoms with Gasteiger partial charge in [0, 0.05) is 54.6 Å². The van der Waals surface area contributed by atoms with E-state index >= 15 is 0 Å². The number of aromatic nitrogens is 2. The zero-order valence-corrected chi connectivity index (χ0v) is 21.0. The number of benzene rings is 2. The molecule has 0 radical (unpaired) electrons. The lowest BCUT2D eigenvalue weighted by Crippen LogP contribution is -2.34. The Morgan fingerprint density at radius 3 is 2.82 bits per heavy atom. The van der Waals surface area contributed by atoms with Crippen molar-refractivity contribution in [3.05, 3.63) is 80.9 Å². The van der Waals surface area contributed by atoms with E-state index in [2.05, 4.69) is 36.6 Å². The molecule has 2 N–H and O–H groups in total. The molecule has 2 aromatic heterocycles. The van der Waals surface area contributed by atoms with Crippen LogP contribution in [0.15, 0.2) is 53.8 Å². The average Bonchev–Trinajstić information content (AvgIpc) is 3.26. The molecular weight excluding hydrogens is 513 g/mol.